The summed E-state index contributed by atoms with van der Waals surface area (Å²) in [7, 11) is 1.65. The van der Waals surface area contributed by atoms with Crippen LogP contribution in [0.5, 0.6) is 0 Å². The van der Waals surface area contributed by atoms with Crippen molar-refractivity contribution in [2.45, 2.75) is 193 Å². The molecule has 6 N–H and O–H groups in total. The van der Waals surface area contributed by atoms with Crippen LogP contribution in [-0.2, 0) is 14.3 Å². The standard InChI is InChI=1S/C52H81N3O6/c1-5-12-41(51(60)52(20-10-7-11-21-52)47-29-39(31-55-47)32(2)3)38-25-34(23-33-19-22-54-48(53)26-33)24-36-15-17-40(35-13-8-6-9-14-35)42-30-45(57)46(61-4)28-37(42)16-18-44(56)50(59)49(58)43(36)27-38/h29,31-38,40-43,45-46,48,50-51,54,57,60H,5-14,16,18-28,30,53H2,1-4H3/p+1/t33?,34-,36-,37?,38-,40+,41-,42?,43-,45?,46?,48?,50-,51-/m0/s1. The molecule has 7 rings (SSSR count). The van der Waals surface area contributed by atoms with Gasteiger partial charge in [-0.15, -0.1) is 4.99 Å². The molecule has 9 heteroatoms. The maximum atomic E-state index is 14.9. The second-order valence-electron chi connectivity index (χ2n) is 21.7. The summed E-state index contributed by atoms with van der Waals surface area (Å²) in [5.74, 6) is 8.65. The second kappa shape index (κ2) is 21.3. The van der Waals surface area contributed by atoms with Crippen LogP contribution in [-0.4, -0.2) is 72.2 Å². The Kier molecular flexibility index (Phi) is 16.4. The molecule has 0 radical (unpaired) electrons. The summed E-state index contributed by atoms with van der Waals surface area (Å²) in [6.07, 6.45) is 20.4. The number of rotatable bonds is 11. The molecule has 0 bridgehead atoms. The minimum Gasteiger partial charge on any atom is -0.841 e. The predicted molar refractivity (Wildman–Crippen MR) is 238 cm³/mol. The van der Waals surface area contributed by atoms with Gasteiger partial charge in [0.15, 0.2) is 5.70 Å². The molecule has 0 amide bonds. The van der Waals surface area contributed by atoms with E-state index in [2.05, 4.69) is 44.0 Å². The van der Waals surface area contributed by atoms with Crippen molar-refractivity contribution in [1.82, 2.24) is 0 Å². The van der Waals surface area contributed by atoms with Gasteiger partial charge in [-0.3, -0.25) is 5.73 Å². The average molecular weight is 845 g/mol. The zero-order valence-electron chi connectivity index (χ0n) is 38.3. The number of methoxy groups -OCH3 is 1. The molecule has 5 aliphatic carbocycles. The lowest BCUT2D eigenvalue weighted by atomic mass is 9.61. The molecule has 0 aromatic heterocycles. The smallest absolute Gasteiger partial charge is 0.183 e. The van der Waals surface area contributed by atoms with Crippen molar-refractivity contribution in [2.75, 3.05) is 13.7 Å². The van der Waals surface area contributed by atoms with Crippen molar-refractivity contribution >= 4 is 17.8 Å². The molecule has 14 atom stereocenters. The van der Waals surface area contributed by atoms with Crippen molar-refractivity contribution in [2.24, 2.45) is 81.2 Å². The van der Waals surface area contributed by atoms with Crippen LogP contribution in [0.1, 0.15) is 162 Å². The van der Waals surface area contributed by atoms with Gasteiger partial charge in [0.05, 0.1) is 24.9 Å². The van der Waals surface area contributed by atoms with Gasteiger partial charge in [0.1, 0.15) is 41.4 Å². The van der Waals surface area contributed by atoms with E-state index in [0.29, 0.717) is 43.4 Å². The van der Waals surface area contributed by atoms with Gasteiger partial charge in [-0.2, -0.15) is 0 Å². The number of Topliss-reactive ketones (excluding diaryl/α,β-unsaturated/α-hetero) is 2. The zero-order valence-corrected chi connectivity index (χ0v) is 38.3. The van der Waals surface area contributed by atoms with Crippen LogP contribution in [0.15, 0.2) is 16.8 Å². The molecule has 6 unspecified atom stereocenters. The summed E-state index contributed by atoms with van der Waals surface area (Å²) in [6, 6.07) is 0. The van der Waals surface area contributed by atoms with Gasteiger partial charge >= 0.3 is 0 Å². The highest BCUT2D eigenvalue weighted by atomic mass is 16.5. The summed E-state index contributed by atoms with van der Waals surface area (Å²) < 4.78 is 5.76. The molecule has 2 aliphatic heterocycles. The van der Waals surface area contributed by atoms with E-state index in [9.17, 15) is 24.9 Å². The molecule has 0 spiro atoms. The van der Waals surface area contributed by atoms with Crippen molar-refractivity contribution in [3.63, 3.8) is 0 Å². The number of fused-ring (bicyclic) bond motifs is 2. The largest absolute Gasteiger partial charge is 0.841 e. The van der Waals surface area contributed by atoms with Gasteiger partial charge < -0.3 is 35.0 Å². The minimum atomic E-state index is -1.93. The van der Waals surface area contributed by atoms with E-state index in [4.69, 9.17) is 15.5 Å². The van der Waals surface area contributed by atoms with E-state index in [1.165, 1.54) is 25.2 Å². The lowest BCUT2D eigenvalue weighted by Crippen LogP contribution is -2.94. The number of aliphatic hydroxyl groups excluding tert-OH is 2. The number of carbonyl (C=O) groups excluding carboxylic acids is 2. The highest BCUT2D eigenvalue weighted by Crippen LogP contribution is 2.54. The van der Waals surface area contributed by atoms with Gasteiger partial charge in [0.25, 0.3) is 0 Å². The molecule has 2 heterocycles. The van der Waals surface area contributed by atoms with Crippen LogP contribution in [0.4, 0.5) is 0 Å². The fourth-order valence-corrected chi connectivity index (χ4v) is 14.1. The van der Waals surface area contributed by atoms with Gasteiger partial charge in [0, 0.05) is 43.6 Å². The molecule has 340 valence electrons. The first-order valence-corrected chi connectivity index (χ1v) is 25.3. The molecule has 61 heavy (non-hydrogen) atoms. The van der Waals surface area contributed by atoms with E-state index < -0.39 is 41.2 Å². The van der Waals surface area contributed by atoms with E-state index in [1.807, 2.05) is 6.21 Å². The zero-order chi connectivity index (χ0) is 43.3. The summed E-state index contributed by atoms with van der Waals surface area (Å²) in [5, 5.41) is 41.1. The molecule has 0 aromatic carbocycles. The maximum Gasteiger partial charge on any atom is 0.183 e. The van der Waals surface area contributed by atoms with Crippen LogP contribution in [0.3, 0.4) is 0 Å². The predicted octanol–water partition coefficient (Wildman–Crippen LogP) is 6.47. The Balaban J connectivity index is 1.30. The van der Waals surface area contributed by atoms with Crippen LogP contribution in [0.2, 0.25) is 0 Å². The number of nitrogens with two attached hydrogens (primary N) is 2. The number of nitrogens with zero attached hydrogens (tertiary/aromatic N) is 1. The second-order valence-corrected chi connectivity index (χ2v) is 21.7. The fourth-order valence-electron chi connectivity index (χ4n) is 14.1. The number of quaternary nitrogens is 1. The third-order valence-electron chi connectivity index (χ3n) is 17.5. The summed E-state index contributed by atoms with van der Waals surface area (Å²) in [5.41, 5.74) is 7.12. The quantitative estimate of drug-likeness (QED) is 0.105. The van der Waals surface area contributed by atoms with Crippen LogP contribution < -0.4 is 16.2 Å². The number of hydrogen-bond donors (Lipinski definition) is 4. The number of carbonyl (C=O) groups is 2. The van der Waals surface area contributed by atoms with Gasteiger partial charge in [0.2, 0.25) is 0 Å². The van der Waals surface area contributed by atoms with Gasteiger partial charge in [-0.05, 0) is 145 Å². The van der Waals surface area contributed by atoms with Crippen molar-refractivity contribution in [3.05, 3.63) is 17.7 Å². The maximum absolute atomic E-state index is 14.9. The van der Waals surface area contributed by atoms with Crippen molar-refractivity contribution < 1.29 is 35.0 Å². The topological polar surface area (TPSA) is 162 Å². The number of hydrogen-bond acceptors (Lipinski definition) is 8. The molecule has 9 nitrogen and oxygen atoms in total. The number of allylic oxidation sites excluding steroid dienone is 1. The molecule has 1 saturated heterocycles. The first kappa shape index (κ1) is 46.9. The van der Waals surface area contributed by atoms with E-state index in [-0.39, 0.29) is 60.1 Å². The SMILES string of the molecule is CCC[C@@H]([C@H]1C[C@@H](CC2CC[NH2+]C(N)C2)C[C@@H]2C#C[C@H](C3CCCCC3)C3CC(O)C(OC)CC3CCC(=O)[C@H]([O-])C(=O)[C@H]2C1)[C@H](O)C1(C2=C[C+](C(C)C)C=N2)CCCCC1. The number of aliphatic imine (C=N–C) groups is 1. The number of piperidine rings is 1. The van der Waals surface area contributed by atoms with E-state index >= 15 is 0 Å². The highest BCUT2D eigenvalue weighted by molar-refractivity contribution is 6.05. The molecule has 7 aliphatic rings. The van der Waals surface area contributed by atoms with Crippen LogP contribution >= 0.6 is 0 Å². The normalized spacial score (nSPS) is 38.8. The first-order valence-electron chi connectivity index (χ1n) is 25.3. The lowest BCUT2D eigenvalue weighted by molar-refractivity contribution is -0.699. The molecule has 4 saturated carbocycles. The summed E-state index contributed by atoms with van der Waals surface area (Å²) >= 11 is 0. The molecular formula is C52H82N3O6+. The summed E-state index contributed by atoms with van der Waals surface area (Å²) in [4.78, 5) is 34.0. The van der Waals surface area contributed by atoms with Crippen molar-refractivity contribution in [1.29, 1.82) is 0 Å². The Morgan fingerprint density at radius 3 is 2.41 bits per heavy atom. The summed E-state index contributed by atoms with van der Waals surface area (Å²) in [6.45, 7) is 7.62. The average Bonchev–Trinajstić information content (AvgIpc) is 3.71. The Morgan fingerprint density at radius 1 is 0.967 bits per heavy atom. The Morgan fingerprint density at radius 2 is 1.72 bits per heavy atom. The number of ketones is 2. The molecule has 5 fully saturated rings. The van der Waals surface area contributed by atoms with Crippen LogP contribution in [0, 0.1) is 88.3 Å². The Hall–Kier alpha value is -2.06. The molecule has 0 aromatic rings. The minimum absolute atomic E-state index is 0.00365. The van der Waals surface area contributed by atoms with E-state index in [0.717, 1.165) is 102 Å². The fraction of sp³-hybridized carbons (Fsp3) is 0.846. The lowest BCUT2D eigenvalue weighted by Gasteiger charge is -2.44. The Bertz CT molecular complexity index is 1590. The Labute approximate surface area is 368 Å². The number of aliphatic hydroxyl groups is 2. The van der Waals surface area contributed by atoms with E-state index in [1.54, 1.807) is 7.11 Å². The van der Waals surface area contributed by atoms with Gasteiger partial charge in [-0.25, -0.2) is 0 Å². The number of ether oxygens (including phenoxy) is 1. The first-order chi connectivity index (χ1) is 29.4. The van der Waals surface area contributed by atoms with Crippen molar-refractivity contribution in [3.8, 4) is 11.8 Å². The van der Waals surface area contributed by atoms with Crippen LogP contribution in [0.25, 0.3) is 0 Å². The highest BCUT2D eigenvalue weighted by Gasteiger charge is 2.54. The molecular weight excluding hydrogens is 763 g/mol. The monoisotopic (exact) mass is 845 g/mol. The third-order valence-corrected chi connectivity index (χ3v) is 17.5. The third kappa shape index (κ3) is 10.7. The van der Waals surface area contributed by atoms with Gasteiger partial charge in [-0.1, -0.05) is 63.7 Å².